The molecule has 0 radical (unpaired) electrons. The van der Waals surface area contributed by atoms with Gasteiger partial charge in [-0.2, -0.15) is 0 Å². The highest BCUT2D eigenvalue weighted by Gasteiger charge is 2.06. The van der Waals surface area contributed by atoms with E-state index in [0.717, 1.165) is 11.3 Å². The van der Waals surface area contributed by atoms with Crippen LogP contribution < -0.4 is 10.6 Å². The lowest BCUT2D eigenvalue weighted by Gasteiger charge is -2.09. The number of hydrogen-bond donors (Lipinski definition) is 2. The number of anilines is 1. The predicted octanol–water partition coefficient (Wildman–Crippen LogP) is 3.94. The summed E-state index contributed by atoms with van der Waals surface area (Å²) < 4.78 is 4.68. The van der Waals surface area contributed by atoms with Gasteiger partial charge in [0, 0.05) is 35.2 Å². The number of halogens is 2. The molecule has 2 aromatic carbocycles. The van der Waals surface area contributed by atoms with Crippen LogP contribution in [0, 0.1) is 0 Å². The Bertz CT molecular complexity index is 781. The number of esters is 1. The minimum Gasteiger partial charge on any atom is -0.465 e. The van der Waals surface area contributed by atoms with Crippen molar-refractivity contribution in [2.24, 2.45) is 0 Å². The van der Waals surface area contributed by atoms with Crippen LogP contribution in [0.3, 0.4) is 0 Å². The van der Waals surface area contributed by atoms with E-state index in [4.69, 9.17) is 23.2 Å². The van der Waals surface area contributed by atoms with Crippen molar-refractivity contribution in [3.8, 4) is 0 Å². The minimum atomic E-state index is -0.396. The highest BCUT2D eigenvalue weighted by molar-refractivity contribution is 6.35. The van der Waals surface area contributed by atoms with E-state index < -0.39 is 5.97 Å². The van der Waals surface area contributed by atoms with Crippen LogP contribution in [-0.2, 0) is 16.0 Å². The van der Waals surface area contributed by atoms with Crippen LogP contribution in [0.1, 0.15) is 22.3 Å². The summed E-state index contributed by atoms with van der Waals surface area (Å²) >= 11 is 12.0. The van der Waals surface area contributed by atoms with E-state index in [2.05, 4.69) is 15.4 Å². The number of nitrogens with one attached hydrogen (secondary N) is 2. The third-order valence-corrected chi connectivity index (χ3v) is 4.28. The van der Waals surface area contributed by atoms with Gasteiger partial charge in [0.1, 0.15) is 0 Å². The summed E-state index contributed by atoms with van der Waals surface area (Å²) in [6, 6.07) is 12.3. The molecule has 5 nitrogen and oxygen atoms in total. The summed E-state index contributed by atoms with van der Waals surface area (Å²) in [6.45, 7) is 0.955. The number of ether oxygens (including phenoxy) is 1. The van der Waals surface area contributed by atoms with Crippen LogP contribution in [0.5, 0.6) is 0 Å². The Hall–Kier alpha value is -2.24. The summed E-state index contributed by atoms with van der Waals surface area (Å²) in [6.07, 6.45) is 0.952. The second kappa shape index (κ2) is 10.0. The van der Waals surface area contributed by atoms with Crippen LogP contribution in [0.2, 0.25) is 10.0 Å². The largest absolute Gasteiger partial charge is 0.465 e. The van der Waals surface area contributed by atoms with Gasteiger partial charge in [0.25, 0.3) is 0 Å². The highest BCUT2D eigenvalue weighted by atomic mass is 35.5. The number of benzene rings is 2. The van der Waals surface area contributed by atoms with Gasteiger partial charge in [0.05, 0.1) is 12.7 Å². The second-order valence-electron chi connectivity index (χ2n) is 5.58. The van der Waals surface area contributed by atoms with Gasteiger partial charge in [0.2, 0.25) is 5.91 Å². The molecule has 0 saturated heterocycles. The summed E-state index contributed by atoms with van der Waals surface area (Å²) in [4.78, 5) is 23.4. The minimum absolute atomic E-state index is 0.0632. The van der Waals surface area contributed by atoms with Gasteiger partial charge in [-0.3, -0.25) is 4.79 Å². The Balaban J connectivity index is 1.71. The zero-order valence-electron chi connectivity index (χ0n) is 14.4. The quantitative estimate of drug-likeness (QED) is 0.665. The van der Waals surface area contributed by atoms with Crippen LogP contribution in [0.25, 0.3) is 0 Å². The standard InChI is InChI=1S/C19H20Cl2N2O3/c1-26-19(25)14-3-2-4-16(11-14)22-10-8-18(24)23-9-7-13-5-6-15(20)12-17(13)21/h2-6,11-12,22H,7-10H2,1H3,(H,23,24). The number of carbonyl (C=O) groups is 2. The molecule has 0 aliphatic heterocycles. The van der Waals surface area contributed by atoms with Crippen LogP contribution >= 0.6 is 23.2 Å². The molecule has 0 spiro atoms. The van der Waals surface area contributed by atoms with Gasteiger partial charge in [-0.25, -0.2) is 4.79 Å². The fourth-order valence-electron chi connectivity index (χ4n) is 2.34. The smallest absolute Gasteiger partial charge is 0.337 e. The molecule has 0 fully saturated rings. The fourth-order valence-corrected chi connectivity index (χ4v) is 2.85. The number of methoxy groups -OCH3 is 1. The Morgan fingerprint density at radius 3 is 2.62 bits per heavy atom. The van der Waals surface area contributed by atoms with Crippen molar-refractivity contribution in [2.45, 2.75) is 12.8 Å². The van der Waals surface area contributed by atoms with E-state index in [1.54, 1.807) is 30.3 Å². The summed E-state index contributed by atoms with van der Waals surface area (Å²) in [5, 5.41) is 7.15. The molecule has 138 valence electrons. The first kappa shape index (κ1) is 20.1. The maximum absolute atomic E-state index is 11.9. The third kappa shape index (κ3) is 6.24. The molecule has 0 heterocycles. The SMILES string of the molecule is COC(=O)c1cccc(NCCC(=O)NCCc2ccc(Cl)cc2Cl)c1. The van der Waals surface area contributed by atoms with Crippen LogP contribution in [0.15, 0.2) is 42.5 Å². The lowest BCUT2D eigenvalue weighted by atomic mass is 10.1. The van der Waals surface area contributed by atoms with Gasteiger partial charge < -0.3 is 15.4 Å². The van der Waals surface area contributed by atoms with E-state index in [9.17, 15) is 9.59 Å². The molecule has 2 aromatic rings. The number of amides is 1. The Kier molecular flexibility index (Phi) is 7.75. The molecule has 1 amide bonds. The molecule has 0 bridgehead atoms. The molecular weight excluding hydrogens is 375 g/mol. The normalized spacial score (nSPS) is 10.3. The molecule has 2 rings (SSSR count). The average Bonchev–Trinajstić information content (AvgIpc) is 2.63. The molecule has 26 heavy (non-hydrogen) atoms. The number of hydrogen-bond acceptors (Lipinski definition) is 4. The zero-order valence-corrected chi connectivity index (χ0v) is 15.9. The Morgan fingerprint density at radius 1 is 1.08 bits per heavy atom. The number of carbonyl (C=O) groups excluding carboxylic acids is 2. The van der Waals surface area contributed by atoms with Crippen molar-refractivity contribution >= 4 is 40.8 Å². The van der Waals surface area contributed by atoms with E-state index in [0.29, 0.717) is 41.5 Å². The maximum atomic E-state index is 11.9. The predicted molar refractivity (Wildman–Crippen MR) is 104 cm³/mol. The lowest BCUT2D eigenvalue weighted by Crippen LogP contribution is -2.27. The van der Waals surface area contributed by atoms with Crippen molar-refractivity contribution in [3.05, 3.63) is 63.6 Å². The van der Waals surface area contributed by atoms with Gasteiger partial charge in [0.15, 0.2) is 0 Å². The van der Waals surface area contributed by atoms with Gasteiger partial charge in [-0.15, -0.1) is 0 Å². The first-order valence-electron chi connectivity index (χ1n) is 8.12. The van der Waals surface area contributed by atoms with E-state index >= 15 is 0 Å². The highest BCUT2D eigenvalue weighted by Crippen LogP contribution is 2.21. The Morgan fingerprint density at radius 2 is 1.88 bits per heavy atom. The molecule has 0 saturated carbocycles. The van der Waals surface area contributed by atoms with Crippen molar-refractivity contribution in [2.75, 3.05) is 25.5 Å². The monoisotopic (exact) mass is 394 g/mol. The molecule has 2 N–H and O–H groups in total. The first-order chi connectivity index (χ1) is 12.5. The third-order valence-electron chi connectivity index (χ3n) is 3.70. The first-order valence-corrected chi connectivity index (χ1v) is 8.88. The van der Waals surface area contributed by atoms with Crippen molar-refractivity contribution < 1.29 is 14.3 Å². The van der Waals surface area contributed by atoms with Crippen molar-refractivity contribution in [3.63, 3.8) is 0 Å². The molecule has 7 heteroatoms. The molecular formula is C19H20Cl2N2O3. The number of rotatable bonds is 8. The summed E-state index contributed by atoms with van der Waals surface area (Å²) in [5.74, 6) is -0.459. The summed E-state index contributed by atoms with van der Waals surface area (Å²) in [7, 11) is 1.34. The van der Waals surface area contributed by atoms with Gasteiger partial charge >= 0.3 is 5.97 Å². The maximum Gasteiger partial charge on any atom is 0.337 e. The molecule has 0 atom stereocenters. The van der Waals surface area contributed by atoms with Crippen molar-refractivity contribution in [1.29, 1.82) is 0 Å². The Labute approximate surface area is 162 Å². The molecule has 0 unspecified atom stereocenters. The molecule has 0 aliphatic rings. The van der Waals surface area contributed by atoms with Crippen molar-refractivity contribution in [1.82, 2.24) is 5.32 Å². The fraction of sp³-hybridized carbons (Fsp3) is 0.263. The molecule has 0 aliphatic carbocycles. The van der Waals surface area contributed by atoms with E-state index in [1.165, 1.54) is 7.11 Å². The average molecular weight is 395 g/mol. The van der Waals surface area contributed by atoms with E-state index in [-0.39, 0.29) is 5.91 Å². The molecule has 0 aromatic heterocycles. The van der Waals surface area contributed by atoms with Crippen LogP contribution in [0.4, 0.5) is 5.69 Å². The summed E-state index contributed by atoms with van der Waals surface area (Å²) in [5.41, 5.74) is 2.16. The topological polar surface area (TPSA) is 67.4 Å². The zero-order chi connectivity index (χ0) is 18.9. The van der Waals surface area contributed by atoms with Gasteiger partial charge in [-0.05, 0) is 42.3 Å². The van der Waals surface area contributed by atoms with Crippen LogP contribution in [-0.4, -0.2) is 32.1 Å². The second-order valence-corrected chi connectivity index (χ2v) is 6.43. The lowest BCUT2D eigenvalue weighted by molar-refractivity contribution is -0.120. The van der Waals surface area contributed by atoms with Gasteiger partial charge in [-0.1, -0.05) is 35.3 Å². The van der Waals surface area contributed by atoms with E-state index in [1.807, 2.05) is 12.1 Å².